The van der Waals surface area contributed by atoms with Gasteiger partial charge in [-0.15, -0.1) is 11.6 Å². The maximum atomic E-state index is 11.6. The van der Waals surface area contributed by atoms with Crippen LogP contribution in [0.5, 0.6) is 0 Å². The van der Waals surface area contributed by atoms with E-state index in [9.17, 15) is 8.42 Å². The van der Waals surface area contributed by atoms with Crippen molar-refractivity contribution in [1.29, 1.82) is 0 Å². The van der Waals surface area contributed by atoms with Crippen LogP contribution in [-0.4, -0.2) is 39.1 Å². The Labute approximate surface area is 107 Å². The molecule has 96 valence electrons. The van der Waals surface area contributed by atoms with Crippen molar-refractivity contribution in [2.45, 2.75) is 6.42 Å². The van der Waals surface area contributed by atoms with Gasteiger partial charge in [0.1, 0.15) is 5.82 Å². The van der Waals surface area contributed by atoms with Crippen LogP contribution in [0, 0.1) is 0 Å². The Bertz CT molecular complexity index is 445. The lowest BCUT2D eigenvalue weighted by Crippen LogP contribution is -2.17. The van der Waals surface area contributed by atoms with Gasteiger partial charge in [-0.2, -0.15) is 0 Å². The number of hydrogen-bond donors (Lipinski definition) is 1. The third-order valence-corrected chi connectivity index (χ3v) is 3.67. The first-order chi connectivity index (χ1) is 7.94. The Morgan fingerprint density at radius 3 is 2.59 bits per heavy atom. The number of nitrogens with one attached hydrogen (secondary N) is 1. The van der Waals surface area contributed by atoms with Crippen LogP contribution in [0.25, 0.3) is 0 Å². The maximum Gasteiger partial charge on any atom is 0.232 e. The van der Waals surface area contributed by atoms with Gasteiger partial charge in [-0.3, -0.25) is 4.72 Å². The quantitative estimate of drug-likeness (QED) is 0.801. The van der Waals surface area contributed by atoms with Crippen LogP contribution in [0.1, 0.15) is 6.42 Å². The predicted octanol–water partition coefficient (Wildman–Crippen LogP) is 1.52. The largest absolute Gasteiger partial charge is 0.363 e. The highest BCUT2D eigenvalue weighted by Crippen LogP contribution is 2.13. The van der Waals surface area contributed by atoms with Crippen molar-refractivity contribution in [3.05, 3.63) is 18.3 Å². The van der Waals surface area contributed by atoms with Crippen LogP contribution in [-0.2, 0) is 10.0 Å². The van der Waals surface area contributed by atoms with Gasteiger partial charge in [-0.25, -0.2) is 13.4 Å². The van der Waals surface area contributed by atoms with E-state index in [1.807, 2.05) is 19.0 Å². The Morgan fingerprint density at radius 2 is 2.12 bits per heavy atom. The molecule has 0 unspecified atom stereocenters. The van der Waals surface area contributed by atoms with Gasteiger partial charge in [-0.05, 0) is 18.6 Å². The predicted molar refractivity (Wildman–Crippen MR) is 71.3 cm³/mol. The van der Waals surface area contributed by atoms with E-state index in [1.165, 1.54) is 6.20 Å². The molecule has 0 aliphatic rings. The summed E-state index contributed by atoms with van der Waals surface area (Å²) >= 11 is 5.46. The molecule has 0 aliphatic carbocycles. The molecule has 0 saturated carbocycles. The number of hydrogen-bond acceptors (Lipinski definition) is 4. The zero-order valence-electron chi connectivity index (χ0n) is 9.85. The summed E-state index contributed by atoms with van der Waals surface area (Å²) in [5, 5.41) is 0. The molecule has 7 heteroatoms. The fraction of sp³-hybridized carbons (Fsp3) is 0.500. The topological polar surface area (TPSA) is 62.3 Å². The summed E-state index contributed by atoms with van der Waals surface area (Å²) < 4.78 is 25.6. The van der Waals surface area contributed by atoms with Crippen molar-refractivity contribution in [1.82, 2.24) is 4.98 Å². The Morgan fingerprint density at radius 1 is 1.41 bits per heavy atom. The van der Waals surface area contributed by atoms with Gasteiger partial charge in [-0.1, -0.05) is 0 Å². The van der Waals surface area contributed by atoms with Gasteiger partial charge in [0.15, 0.2) is 0 Å². The van der Waals surface area contributed by atoms with Gasteiger partial charge in [0.25, 0.3) is 0 Å². The van der Waals surface area contributed by atoms with E-state index < -0.39 is 10.0 Å². The van der Waals surface area contributed by atoms with Gasteiger partial charge in [0, 0.05) is 20.0 Å². The highest BCUT2D eigenvalue weighted by atomic mass is 35.5. The molecule has 0 fully saturated rings. The van der Waals surface area contributed by atoms with Crippen LogP contribution < -0.4 is 9.62 Å². The molecule has 1 rings (SSSR count). The summed E-state index contributed by atoms with van der Waals surface area (Å²) in [6.45, 7) is 0. The first-order valence-corrected chi connectivity index (χ1v) is 7.33. The van der Waals surface area contributed by atoms with E-state index >= 15 is 0 Å². The van der Waals surface area contributed by atoms with Crippen molar-refractivity contribution in [3.63, 3.8) is 0 Å². The van der Waals surface area contributed by atoms with Crippen molar-refractivity contribution < 1.29 is 8.42 Å². The van der Waals surface area contributed by atoms with Crippen LogP contribution >= 0.6 is 11.6 Å². The minimum absolute atomic E-state index is 0.0198. The Kier molecular flexibility index (Phi) is 5.02. The zero-order chi connectivity index (χ0) is 12.9. The summed E-state index contributed by atoms with van der Waals surface area (Å²) in [6.07, 6.45) is 1.92. The minimum atomic E-state index is -3.32. The van der Waals surface area contributed by atoms with E-state index in [0.29, 0.717) is 18.0 Å². The zero-order valence-corrected chi connectivity index (χ0v) is 11.4. The number of halogens is 1. The van der Waals surface area contributed by atoms with Gasteiger partial charge in [0.2, 0.25) is 10.0 Å². The van der Waals surface area contributed by atoms with Gasteiger partial charge in [0.05, 0.1) is 17.6 Å². The lowest BCUT2D eigenvalue weighted by atomic mass is 10.4. The highest BCUT2D eigenvalue weighted by molar-refractivity contribution is 7.92. The molecule has 0 saturated heterocycles. The molecule has 0 atom stereocenters. The molecule has 1 N–H and O–H groups in total. The molecule has 0 aliphatic heterocycles. The number of alkyl halides is 1. The molecule has 1 heterocycles. The van der Waals surface area contributed by atoms with E-state index in [-0.39, 0.29) is 5.75 Å². The molecule has 1 aromatic rings. The summed E-state index contributed by atoms with van der Waals surface area (Å²) in [4.78, 5) is 5.95. The second-order valence-electron chi connectivity index (χ2n) is 3.76. The summed E-state index contributed by atoms with van der Waals surface area (Å²) in [7, 11) is 0.417. The van der Waals surface area contributed by atoms with Crippen molar-refractivity contribution >= 4 is 33.1 Å². The normalized spacial score (nSPS) is 11.2. The first-order valence-electron chi connectivity index (χ1n) is 5.14. The molecule has 0 aromatic carbocycles. The SMILES string of the molecule is CN(C)c1ccc(NS(=O)(=O)CCCCl)cn1. The number of anilines is 2. The van der Waals surface area contributed by atoms with E-state index in [0.717, 1.165) is 5.82 Å². The van der Waals surface area contributed by atoms with E-state index in [4.69, 9.17) is 11.6 Å². The third-order valence-electron chi connectivity index (χ3n) is 2.03. The fourth-order valence-corrected chi connectivity index (χ4v) is 2.58. The molecule has 0 bridgehead atoms. The lowest BCUT2D eigenvalue weighted by Gasteiger charge is -2.12. The molecule has 1 aromatic heterocycles. The van der Waals surface area contributed by atoms with Crippen LogP contribution in [0.4, 0.5) is 11.5 Å². The molecule has 17 heavy (non-hydrogen) atoms. The van der Waals surface area contributed by atoms with Crippen LogP contribution in [0.3, 0.4) is 0 Å². The number of sulfonamides is 1. The van der Waals surface area contributed by atoms with Crippen molar-refractivity contribution in [3.8, 4) is 0 Å². The molecule has 5 nitrogen and oxygen atoms in total. The first kappa shape index (κ1) is 14.1. The second kappa shape index (κ2) is 6.07. The standard InChI is InChI=1S/C10H16ClN3O2S/c1-14(2)10-5-4-9(8-12-10)13-17(15,16)7-3-6-11/h4-5,8,13H,3,6-7H2,1-2H3. The van der Waals surface area contributed by atoms with Crippen molar-refractivity contribution in [2.24, 2.45) is 0 Å². The van der Waals surface area contributed by atoms with Crippen LogP contribution in [0.15, 0.2) is 18.3 Å². The smallest absolute Gasteiger partial charge is 0.232 e. The molecular formula is C10H16ClN3O2S. The highest BCUT2D eigenvalue weighted by Gasteiger charge is 2.09. The second-order valence-corrected chi connectivity index (χ2v) is 5.98. The third kappa shape index (κ3) is 4.79. The number of pyridine rings is 1. The van der Waals surface area contributed by atoms with E-state index in [2.05, 4.69) is 9.71 Å². The van der Waals surface area contributed by atoms with Gasteiger partial charge >= 0.3 is 0 Å². The minimum Gasteiger partial charge on any atom is -0.363 e. The molecule has 0 spiro atoms. The van der Waals surface area contributed by atoms with Gasteiger partial charge < -0.3 is 4.90 Å². The summed E-state index contributed by atoms with van der Waals surface area (Å²) in [5.74, 6) is 1.12. The molecule has 0 radical (unpaired) electrons. The maximum absolute atomic E-state index is 11.6. The monoisotopic (exact) mass is 277 g/mol. The Balaban J connectivity index is 2.69. The number of nitrogens with zero attached hydrogens (tertiary/aromatic N) is 2. The fourth-order valence-electron chi connectivity index (χ4n) is 1.19. The average Bonchev–Trinajstić information content (AvgIpc) is 2.26. The number of rotatable bonds is 6. The van der Waals surface area contributed by atoms with Crippen molar-refractivity contribution in [2.75, 3.05) is 35.4 Å². The summed E-state index contributed by atoms with van der Waals surface area (Å²) in [5.41, 5.74) is 0.463. The van der Waals surface area contributed by atoms with E-state index in [1.54, 1.807) is 12.1 Å². The van der Waals surface area contributed by atoms with Crippen LogP contribution in [0.2, 0.25) is 0 Å². The average molecular weight is 278 g/mol. The molecular weight excluding hydrogens is 262 g/mol. The molecule has 0 amide bonds. The number of aromatic nitrogens is 1. The lowest BCUT2D eigenvalue weighted by molar-refractivity contribution is 0.600. The Hall–Kier alpha value is -1.01. The summed E-state index contributed by atoms with van der Waals surface area (Å²) in [6, 6.07) is 3.43.